The Morgan fingerprint density at radius 3 is 2.45 bits per heavy atom. The molecule has 40 heavy (non-hydrogen) atoms. The summed E-state index contributed by atoms with van der Waals surface area (Å²) >= 11 is 0. The molecule has 0 bridgehead atoms. The molecule has 0 aromatic carbocycles. The number of nitrogens with one attached hydrogen (secondary N) is 1. The summed E-state index contributed by atoms with van der Waals surface area (Å²) in [5.74, 6) is -0.404. The normalized spacial score (nSPS) is 19.1. The first kappa shape index (κ1) is 30.0. The average molecular weight is 572 g/mol. The van der Waals surface area contributed by atoms with Crippen molar-refractivity contribution in [3.63, 3.8) is 0 Å². The lowest BCUT2D eigenvalue weighted by Crippen LogP contribution is -2.44. The van der Waals surface area contributed by atoms with Gasteiger partial charge in [-0.05, 0) is 50.5 Å². The van der Waals surface area contributed by atoms with Gasteiger partial charge in [0.15, 0.2) is 5.78 Å². The van der Waals surface area contributed by atoms with Crippen molar-refractivity contribution in [2.45, 2.75) is 90.5 Å². The first-order valence-corrected chi connectivity index (χ1v) is 16.4. The summed E-state index contributed by atoms with van der Waals surface area (Å²) in [6.45, 7) is 3.70. The molecule has 1 N–H and O–H groups in total. The summed E-state index contributed by atoms with van der Waals surface area (Å²) < 4.78 is 27.6. The molecular formula is C29H41N5O5S. The van der Waals surface area contributed by atoms with Crippen LogP contribution >= 0.6 is 0 Å². The Labute approximate surface area is 237 Å². The molecule has 2 aliphatic heterocycles. The summed E-state index contributed by atoms with van der Waals surface area (Å²) in [6.07, 6.45) is 9.04. The minimum atomic E-state index is -3.68. The fourth-order valence-electron chi connectivity index (χ4n) is 6.05. The summed E-state index contributed by atoms with van der Waals surface area (Å²) in [4.78, 5) is 46.6. The lowest BCUT2D eigenvalue weighted by molar-refractivity contribution is -0.128. The van der Waals surface area contributed by atoms with Crippen LogP contribution in [0.15, 0.2) is 6.07 Å². The number of ketones is 1. The Kier molecular flexibility index (Phi) is 10.2. The average Bonchev–Trinajstić information content (AvgIpc) is 3.35. The quantitative estimate of drug-likeness (QED) is 0.397. The number of sulfonamides is 1. The van der Waals surface area contributed by atoms with Crippen LogP contribution in [0.2, 0.25) is 0 Å². The second-order valence-corrected chi connectivity index (χ2v) is 13.2. The first-order chi connectivity index (χ1) is 19.2. The first-order valence-electron chi connectivity index (χ1n) is 14.7. The Morgan fingerprint density at radius 2 is 1.82 bits per heavy atom. The number of anilines is 1. The number of hydrogen-bond acceptors (Lipinski definition) is 8. The molecule has 0 radical (unpaired) electrons. The van der Waals surface area contributed by atoms with Gasteiger partial charge in [-0.2, -0.15) is 5.26 Å². The number of rotatable bonds is 11. The van der Waals surface area contributed by atoms with Crippen molar-refractivity contribution in [2.75, 3.05) is 30.3 Å². The number of carbonyl (C=O) groups is 3. The number of unbranched alkanes of at least 4 members (excludes halogenated alkanes) is 1. The standard InChI is InChI=1S/C29H41N5O5S/c1-2-3-10-26(35)24-17-23(18-30)28(31-25(24)19-34-14-7-11-27(34)36)33-15-12-22(13-16-33)29(37)32-40(38,39)20-21-8-5-4-6-9-21/h17,21-22H,2-16,19-20H2,1H3,(H,32,37). The van der Waals surface area contributed by atoms with Gasteiger partial charge in [-0.1, -0.05) is 32.6 Å². The molecule has 3 fully saturated rings. The third-order valence-electron chi connectivity index (χ3n) is 8.37. The molecule has 2 amide bonds. The fourth-order valence-corrected chi connectivity index (χ4v) is 7.56. The molecule has 2 saturated heterocycles. The van der Waals surface area contributed by atoms with Crippen molar-refractivity contribution in [1.82, 2.24) is 14.6 Å². The molecule has 0 spiro atoms. The number of aromatic nitrogens is 1. The van der Waals surface area contributed by atoms with E-state index >= 15 is 0 Å². The predicted molar refractivity (Wildman–Crippen MR) is 151 cm³/mol. The molecule has 218 valence electrons. The van der Waals surface area contributed by atoms with E-state index in [-0.39, 0.29) is 35.5 Å². The van der Waals surface area contributed by atoms with E-state index in [2.05, 4.69) is 10.8 Å². The van der Waals surface area contributed by atoms with Crippen LogP contribution in [0.1, 0.15) is 106 Å². The lowest BCUT2D eigenvalue weighted by atomic mass is 9.91. The third kappa shape index (κ3) is 7.59. The van der Waals surface area contributed by atoms with E-state index in [0.29, 0.717) is 62.4 Å². The number of piperidine rings is 1. The largest absolute Gasteiger partial charge is 0.355 e. The second-order valence-electron chi connectivity index (χ2n) is 11.4. The number of hydrogen-bond donors (Lipinski definition) is 1. The zero-order valence-corrected chi connectivity index (χ0v) is 24.3. The van der Waals surface area contributed by atoms with Gasteiger partial charge in [0.1, 0.15) is 11.9 Å². The Morgan fingerprint density at radius 1 is 1.10 bits per heavy atom. The number of nitrogens with zero attached hydrogens (tertiary/aromatic N) is 4. The van der Waals surface area contributed by atoms with E-state index in [4.69, 9.17) is 4.98 Å². The molecule has 1 saturated carbocycles. The molecule has 1 aromatic heterocycles. The number of nitriles is 1. The van der Waals surface area contributed by atoms with Gasteiger partial charge >= 0.3 is 0 Å². The van der Waals surface area contributed by atoms with Crippen molar-refractivity contribution in [3.8, 4) is 6.07 Å². The fraction of sp³-hybridized carbons (Fsp3) is 0.690. The molecule has 3 aliphatic rings. The number of Topliss-reactive ketones (excluding diaryl/α,β-unsaturated/α-hetero) is 1. The Bertz CT molecular complexity index is 1240. The molecule has 3 heterocycles. The van der Waals surface area contributed by atoms with Gasteiger partial charge in [0.05, 0.1) is 23.6 Å². The van der Waals surface area contributed by atoms with Gasteiger partial charge in [0.25, 0.3) is 0 Å². The SMILES string of the molecule is CCCCC(=O)c1cc(C#N)c(N2CCC(C(=O)NS(=O)(=O)CC3CCCCC3)CC2)nc1CN1CCCC1=O. The van der Waals surface area contributed by atoms with Crippen molar-refractivity contribution >= 4 is 33.4 Å². The van der Waals surface area contributed by atoms with E-state index in [0.717, 1.165) is 51.4 Å². The topological polar surface area (TPSA) is 141 Å². The molecular weight excluding hydrogens is 530 g/mol. The van der Waals surface area contributed by atoms with Gasteiger partial charge in [0, 0.05) is 44.0 Å². The highest BCUT2D eigenvalue weighted by Crippen LogP contribution is 2.29. The van der Waals surface area contributed by atoms with E-state index in [9.17, 15) is 28.1 Å². The smallest absolute Gasteiger partial charge is 0.236 e. The van der Waals surface area contributed by atoms with E-state index in [1.807, 2.05) is 11.8 Å². The Balaban J connectivity index is 1.46. The van der Waals surface area contributed by atoms with Gasteiger partial charge in [-0.15, -0.1) is 0 Å². The molecule has 4 rings (SSSR count). The lowest BCUT2D eigenvalue weighted by Gasteiger charge is -2.33. The Hall–Kier alpha value is -3.00. The van der Waals surface area contributed by atoms with Crippen molar-refractivity contribution in [3.05, 3.63) is 22.9 Å². The van der Waals surface area contributed by atoms with Crippen LogP contribution in [-0.2, 0) is 26.2 Å². The second kappa shape index (κ2) is 13.6. The summed E-state index contributed by atoms with van der Waals surface area (Å²) in [5.41, 5.74) is 1.18. The van der Waals surface area contributed by atoms with E-state index < -0.39 is 21.8 Å². The molecule has 11 heteroatoms. The molecule has 1 aliphatic carbocycles. The van der Waals surface area contributed by atoms with E-state index in [1.54, 1.807) is 11.0 Å². The highest BCUT2D eigenvalue weighted by molar-refractivity contribution is 7.90. The zero-order valence-electron chi connectivity index (χ0n) is 23.5. The minimum absolute atomic E-state index is 0.00133. The summed E-state index contributed by atoms with van der Waals surface area (Å²) in [6, 6.07) is 3.79. The number of likely N-dealkylation sites (tertiary alicyclic amines) is 1. The molecule has 0 unspecified atom stereocenters. The predicted octanol–water partition coefficient (Wildman–Crippen LogP) is 3.69. The van der Waals surface area contributed by atoms with Crippen LogP contribution in [-0.4, -0.2) is 61.3 Å². The maximum Gasteiger partial charge on any atom is 0.236 e. The van der Waals surface area contributed by atoms with Crippen LogP contribution in [0.3, 0.4) is 0 Å². The minimum Gasteiger partial charge on any atom is -0.355 e. The highest BCUT2D eigenvalue weighted by atomic mass is 32.2. The van der Waals surface area contributed by atoms with Gasteiger partial charge in [0.2, 0.25) is 21.8 Å². The third-order valence-corrected chi connectivity index (χ3v) is 9.80. The van der Waals surface area contributed by atoms with Crippen molar-refractivity contribution in [2.24, 2.45) is 11.8 Å². The van der Waals surface area contributed by atoms with Crippen LogP contribution < -0.4 is 9.62 Å². The number of pyridine rings is 1. The zero-order chi connectivity index (χ0) is 28.7. The molecule has 1 aromatic rings. The van der Waals surface area contributed by atoms with Crippen molar-refractivity contribution < 1.29 is 22.8 Å². The maximum absolute atomic E-state index is 13.0. The van der Waals surface area contributed by atoms with Gasteiger partial charge in [-0.25, -0.2) is 13.4 Å². The van der Waals surface area contributed by atoms with Gasteiger partial charge < -0.3 is 9.80 Å². The summed E-state index contributed by atoms with van der Waals surface area (Å²) in [7, 11) is -3.68. The monoisotopic (exact) mass is 571 g/mol. The van der Waals surface area contributed by atoms with E-state index in [1.165, 1.54) is 0 Å². The van der Waals surface area contributed by atoms with Crippen LogP contribution in [0.25, 0.3) is 0 Å². The molecule has 10 nitrogen and oxygen atoms in total. The molecule has 0 atom stereocenters. The highest BCUT2D eigenvalue weighted by Gasteiger charge is 2.32. The van der Waals surface area contributed by atoms with Crippen molar-refractivity contribution in [1.29, 1.82) is 5.26 Å². The van der Waals surface area contributed by atoms with Crippen LogP contribution in [0.5, 0.6) is 0 Å². The van der Waals surface area contributed by atoms with Gasteiger partial charge in [-0.3, -0.25) is 19.1 Å². The number of carbonyl (C=O) groups excluding carboxylic acids is 3. The summed E-state index contributed by atoms with van der Waals surface area (Å²) in [5, 5.41) is 9.93. The maximum atomic E-state index is 13.0. The van der Waals surface area contributed by atoms with Crippen LogP contribution in [0, 0.1) is 23.2 Å². The van der Waals surface area contributed by atoms with Crippen LogP contribution in [0.4, 0.5) is 5.82 Å². The number of amides is 2.